The van der Waals surface area contributed by atoms with E-state index in [0.29, 0.717) is 18.7 Å². The maximum absolute atomic E-state index is 14.2. The molecule has 2 aliphatic heterocycles. The first-order chi connectivity index (χ1) is 11.5. The van der Waals surface area contributed by atoms with Crippen molar-refractivity contribution in [1.29, 1.82) is 0 Å². The van der Waals surface area contributed by atoms with E-state index in [-0.39, 0.29) is 32.1 Å². The summed E-state index contributed by atoms with van der Waals surface area (Å²) in [6, 6.07) is 0. The maximum Gasteiger partial charge on any atom is 0.312 e. The zero-order valence-corrected chi connectivity index (χ0v) is 14.1. The second kappa shape index (κ2) is 6.91. The van der Waals surface area contributed by atoms with E-state index < -0.39 is 23.5 Å². The molecule has 0 radical (unpaired) electrons. The molecule has 3 amide bonds. The van der Waals surface area contributed by atoms with Crippen molar-refractivity contribution in [3.8, 4) is 0 Å². The first-order valence-corrected chi connectivity index (χ1v) is 8.72. The van der Waals surface area contributed by atoms with E-state index in [1.165, 1.54) is 9.80 Å². The van der Waals surface area contributed by atoms with Crippen LogP contribution in [0.1, 0.15) is 32.6 Å². The lowest BCUT2D eigenvalue weighted by Crippen LogP contribution is -2.54. The van der Waals surface area contributed by atoms with Crippen LogP contribution in [0.5, 0.6) is 0 Å². The van der Waals surface area contributed by atoms with E-state index in [1.54, 1.807) is 11.8 Å². The monoisotopic (exact) mass is 337 g/mol. The molecule has 7 heteroatoms. The summed E-state index contributed by atoms with van der Waals surface area (Å²) in [4.78, 5) is 41.1. The molecule has 1 saturated carbocycles. The molecule has 0 atom stereocenters. The zero-order valence-electron chi connectivity index (χ0n) is 14.1. The Bertz CT molecular complexity index is 572. The molecule has 0 N–H and O–H groups in total. The molecule has 132 valence electrons. The van der Waals surface area contributed by atoms with Gasteiger partial charge in [-0.05, 0) is 44.1 Å². The number of carbonyl (C=O) groups is 3. The highest BCUT2D eigenvalue weighted by molar-refractivity contribution is 6.35. The van der Waals surface area contributed by atoms with Gasteiger partial charge in [0.25, 0.3) is 5.91 Å². The van der Waals surface area contributed by atoms with E-state index in [2.05, 4.69) is 0 Å². The lowest BCUT2D eigenvalue weighted by atomic mass is 10.1. The van der Waals surface area contributed by atoms with Gasteiger partial charge in [-0.3, -0.25) is 14.4 Å². The number of amides is 3. The van der Waals surface area contributed by atoms with Crippen molar-refractivity contribution >= 4 is 17.7 Å². The minimum absolute atomic E-state index is 0.217. The van der Waals surface area contributed by atoms with Gasteiger partial charge in [0, 0.05) is 39.3 Å². The number of rotatable bonds is 2. The quantitative estimate of drug-likeness (QED) is 0.556. The Balaban J connectivity index is 1.53. The second-order valence-electron chi connectivity index (χ2n) is 6.85. The van der Waals surface area contributed by atoms with Crippen LogP contribution in [0.25, 0.3) is 0 Å². The summed E-state index contributed by atoms with van der Waals surface area (Å²) in [6.07, 6.45) is 3.78. The topological polar surface area (TPSA) is 60.9 Å². The van der Waals surface area contributed by atoms with Gasteiger partial charge in [-0.25, -0.2) is 4.39 Å². The summed E-state index contributed by atoms with van der Waals surface area (Å²) in [5.41, 5.74) is 0.544. The number of piperazine rings is 1. The molecule has 3 rings (SSSR count). The summed E-state index contributed by atoms with van der Waals surface area (Å²) in [5.74, 6) is -1.98. The van der Waals surface area contributed by atoms with E-state index >= 15 is 0 Å². The van der Waals surface area contributed by atoms with Gasteiger partial charge in [0.15, 0.2) is 5.83 Å². The first-order valence-electron chi connectivity index (χ1n) is 8.72. The number of halogens is 1. The fourth-order valence-electron chi connectivity index (χ4n) is 3.31. The van der Waals surface area contributed by atoms with Crippen LogP contribution >= 0.6 is 0 Å². The summed E-state index contributed by atoms with van der Waals surface area (Å²) < 4.78 is 14.2. The predicted octanol–water partition coefficient (Wildman–Crippen LogP) is 0.933. The Labute approximate surface area is 141 Å². The van der Waals surface area contributed by atoms with Crippen molar-refractivity contribution in [1.82, 2.24) is 14.7 Å². The average molecular weight is 337 g/mol. The number of carbonyl (C=O) groups excluding carboxylic acids is 3. The molecule has 0 aromatic carbocycles. The van der Waals surface area contributed by atoms with Crippen molar-refractivity contribution < 1.29 is 18.8 Å². The fourth-order valence-corrected chi connectivity index (χ4v) is 3.31. The van der Waals surface area contributed by atoms with E-state index in [0.717, 1.165) is 25.7 Å². The maximum atomic E-state index is 14.2. The molecule has 3 aliphatic rings. The van der Waals surface area contributed by atoms with Crippen LogP contribution in [0.4, 0.5) is 4.39 Å². The molecular weight excluding hydrogens is 313 g/mol. The molecule has 24 heavy (non-hydrogen) atoms. The highest BCUT2D eigenvalue weighted by atomic mass is 19.1. The normalized spacial score (nSPS) is 22.5. The van der Waals surface area contributed by atoms with Crippen LogP contribution in [-0.2, 0) is 14.4 Å². The molecule has 1 aliphatic carbocycles. The smallest absolute Gasteiger partial charge is 0.312 e. The van der Waals surface area contributed by atoms with Crippen LogP contribution in [-0.4, -0.2) is 71.7 Å². The van der Waals surface area contributed by atoms with Crippen LogP contribution in [0.3, 0.4) is 0 Å². The number of likely N-dealkylation sites (tertiary alicyclic amines) is 1. The molecule has 0 spiro atoms. The van der Waals surface area contributed by atoms with Gasteiger partial charge in [-0.2, -0.15) is 0 Å². The molecule has 3 fully saturated rings. The van der Waals surface area contributed by atoms with E-state index in [9.17, 15) is 18.8 Å². The molecule has 6 nitrogen and oxygen atoms in total. The largest absolute Gasteiger partial charge is 0.334 e. The van der Waals surface area contributed by atoms with Crippen molar-refractivity contribution in [2.75, 3.05) is 39.3 Å². The molecule has 0 unspecified atom stereocenters. The summed E-state index contributed by atoms with van der Waals surface area (Å²) >= 11 is 0. The predicted molar refractivity (Wildman–Crippen MR) is 85.5 cm³/mol. The zero-order chi connectivity index (χ0) is 17.3. The van der Waals surface area contributed by atoms with Crippen LogP contribution in [0.15, 0.2) is 11.4 Å². The number of allylic oxidation sites excluding steroid dienone is 1. The minimum atomic E-state index is -0.648. The molecule has 2 heterocycles. The lowest BCUT2D eigenvalue weighted by molar-refractivity contribution is -0.153. The van der Waals surface area contributed by atoms with Gasteiger partial charge in [0.05, 0.1) is 0 Å². The number of hydrogen-bond donors (Lipinski definition) is 0. The van der Waals surface area contributed by atoms with Crippen molar-refractivity contribution in [3.05, 3.63) is 11.4 Å². The number of nitrogens with zero attached hydrogens (tertiary/aromatic N) is 3. The fraction of sp³-hybridized carbons (Fsp3) is 0.706. The Morgan fingerprint density at radius 2 is 1.17 bits per heavy atom. The van der Waals surface area contributed by atoms with Crippen molar-refractivity contribution in [3.63, 3.8) is 0 Å². The molecule has 0 bridgehead atoms. The highest BCUT2D eigenvalue weighted by Crippen LogP contribution is 2.38. The average Bonchev–Trinajstić information content (AvgIpc) is 3.32. The standard InChI is InChI=1S/C17H24FN3O3/c1-12(13-4-5-13)14(18)15(22)20-8-10-21(11-9-20)17(24)16(23)19-6-2-3-7-19/h13H,2-11H2,1H3/b14-12-. The number of hydrogen-bond acceptors (Lipinski definition) is 3. The highest BCUT2D eigenvalue weighted by Gasteiger charge is 2.34. The third-order valence-corrected chi connectivity index (χ3v) is 5.15. The van der Waals surface area contributed by atoms with Gasteiger partial charge in [0.1, 0.15) is 0 Å². The molecule has 0 aromatic heterocycles. The van der Waals surface area contributed by atoms with E-state index in [4.69, 9.17) is 0 Å². The summed E-state index contributed by atoms with van der Waals surface area (Å²) in [6.45, 7) is 4.05. The Morgan fingerprint density at radius 3 is 1.62 bits per heavy atom. The van der Waals surface area contributed by atoms with Crippen LogP contribution < -0.4 is 0 Å². The van der Waals surface area contributed by atoms with Gasteiger partial charge < -0.3 is 14.7 Å². The van der Waals surface area contributed by atoms with E-state index in [1.807, 2.05) is 0 Å². The Hall–Kier alpha value is -1.92. The van der Waals surface area contributed by atoms with Crippen molar-refractivity contribution in [2.45, 2.75) is 32.6 Å². The Kier molecular flexibility index (Phi) is 4.87. The van der Waals surface area contributed by atoms with Crippen molar-refractivity contribution in [2.24, 2.45) is 5.92 Å². The second-order valence-corrected chi connectivity index (χ2v) is 6.85. The molecular formula is C17H24FN3O3. The minimum Gasteiger partial charge on any atom is -0.334 e. The first kappa shape index (κ1) is 16.9. The molecule has 2 saturated heterocycles. The molecule has 0 aromatic rings. The van der Waals surface area contributed by atoms with Gasteiger partial charge in [-0.1, -0.05) is 0 Å². The van der Waals surface area contributed by atoms with Gasteiger partial charge in [-0.15, -0.1) is 0 Å². The van der Waals surface area contributed by atoms with Crippen LogP contribution in [0.2, 0.25) is 0 Å². The third-order valence-electron chi connectivity index (χ3n) is 5.15. The lowest BCUT2D eigenvalue weighted by Gasteiger charge is -2.34. The summed E-state index contributed by atoms with van der Waals surface area (Å²) in [7, 11) is 0. The van der Waals surface area contributed by atoms with Crippen LogP contribution in [0, 0.1) is 5.92 Å². The SMILES string of the molecule is C/C(=C(/F)C(=O)N1CCN(C(=O)C(=O)N2CCCC2)CC1)C1CC1. The third kappa shape index (κ3) is 3.44. The Morgan fingerprint density at radius 1 is 0.750 bits per heavy atom. The summed E-state index contributed by atoms with van der Waals surface area (Å²) in [5, 5.41) is 0. The van der Waals surface area contributed by atoms with Gasteiger partial charge in [0.2, 0.25) is 0 Å². The van der Waals surface area contributed by atoms with Gasteiger partial charge >= 0.3 is 11.8 Å².